The van der Waals surface area contributed by atoms with Gasteiger partial charge in [-0.25, -0.2) is 4.98 Å². The Morgan fingerprint density at radius 1 is 1.48 bits per heavy atom. The second-order valence-electron chi connectivity index (χ2n) is 6.93. The third kappa shape index (κ3) is 3.35. The molecular formula is C19H26N6. The molecule has 3 rings (SSSR count). The first-order valence-corrected chi connectivity index (χ1v) is 8.66. The maximum Gasteiger partial charge on any atom is 0.133 e. The number of anilines is 2. The van der Waals surface area contributed by atoms with Gasteiger partial charge in [-0.1, -0.05) is 6.58 Å². The molecule has 6 heteroatoms. The van der Waals surface area contributed by atoms with Gasteiger partial charge in [0.1, 0.15) is 5.82 Å². The van der Waals surface area contributed by atoms with Crippen LogP contribution in [0, 0.1) is 10.8 Å². The molecule has 1 atom stereocenters. The summed E-state index contributed by atoms with van der Waals surface area (Å²) in [5, 5.41) is 11.1. The second-order valence-corrected chi connectivity index (χ2v) is 6.93. The van der Waals surface area contributed by atoms with Gasteiger partial charge in [0.25, 0.3) is 0 Å². The summed E-state index contributed by atoms with van der Waals surface area (Å²) >= 11 is 0. The number of nitrogens with two attached hydrogens (primary N) is 1. The number of hydrogen-bond donors (Lipinski definition) is 3. The zero-order chi connectivity index (χ0) is 17.9. The standard InChI is InChI=1S/C19H26N6/c1-14(15(10-20)11-22-2)17-16(4-7-24-18(17)21)25-9-3-5-19(13-25)6-8-23-12-19/h4,7,10-11,20,23H,1-3,5-6,8-9,12-13H2,(H2,21,24)/b15-11+,20-10?. The van der Waals surface area contributed by atoms with Crippen molar-refractivity contribution >= 4 is 30.0 Å². The Morgan fingerprint density at radius 3 is 3.00 bits per heavy atom. The summed E-state index contributed by atoms with van der Waals surface area (Å²) in [5.41, 5.74) is 9.63. The maximum atomic E-state index is 7.63. The van der Waals surface area contributed by atoms with Crippen LogP contribution in [0.1, 0.15) is 24.8 Å². The van der Waals surface area contributed by atoms with Crippen molar-refractivity contribution in [2.45, 2.75) is 19.3 Å². The minimum atomic E-state index is 0.345. The summed E-state index contributed by atoms with van der Waals surface area (Å²) in [6, 6.07) is 2.00. The summed E-state index contributed by atoms with van der Waals surface area (Å²) < 4.78 is 0. The molecule has 1 aromatic heterocycles. The molecule has 0 aliphatic carbocycles. The van der Waals surface area contributed by atoms with Gasteiger partial charge in [0.2, 0.25) is 0 Å². The van der Waals surface area contributed by atoms with E-state index in [2.05, 4.69) is 33.5 Å². The number of nitrogens with one attached hydrogen (secondary N) is 2. The second kappa shape index (κ2) is 7.19. The minimum Gasteiger partial charge on any atom is -0.383 e. The number of piperidine rings is 1. The van der Waals surface area contributed by atoms with Gasteiger partial charge in [0, 0.05) is 60.5 Å². The van der Waals surface area contributed by atoms with Gasteiger partial charge in [0.15, 0.2) is 0 Å². The average molecular weight is 338 g/mol. The highest BCUT2D eigenvalue weighted by atomic mass is 15.2. The molecule has 0 aromatic carbocycles. The van der Waals surface area contributed by atoms with Crippen LogP contribution in [-0.4, -0.2) is 44.1 Å². The summed E-state index contributed by atoms with van der Waals surface area (Å²) in [7, 11) is 0. The molecule has 0 saturated carbocycles. The predicted molar refractivity (Wildman–Crippen MR) is 105 cm³/mol. The fourth-order valence-electron chi connectivity index (χ4n) is 4.04. The van der Waals surface area contributed by atoms with Crippen molar-refractivity contribution in [1.82, 2.24) is 10.3 Å². The molecule has 4 N–H and O–H groups in total. The summed E-state index contributed by atoms with van der Waals surface area (Å²) in [5.74, 6) is 0.434. The van der Waals surface area contributed by atoms with Crippen LogP contribution in [0.2, 0.25) is 0 Å². The van der Waals surface area contributed by atoms with Crippen LogP contribution in [0.5, 0.6) is 0 Å². The van der Waals surface area contributed by atoms with Crippen LogP contribution in [0.3, 0.4) is 0 Å². The molecule has 132 valence electrons. The van der Waals surface area contributed by atoms with Crippen molar-refractivity contribution < 1.29 is 0 Å². The molecule has 1 unspecified atom stereocenters. The highest BCUT2D eigenvalue weighted by Crippen LogP contribution is 2.40. The Hall–Kier alpha value is -2.47. The SMILES string of the molecule is C=N/C=C(\C=N)C(=C)c1c(N2CCCC3(CCNC3)C2)ccnc1N. The summed E-state index contributed by atoms with van der Waals surface area (Å²) in [6.07, 6.45) is 8.15. The molecular weight excluding hydrogens is 312 g/mol. The normalized spacial score (nSPS) is 23.7. The van der Waals surface area contributed by atoms with Crippen molar-refractivity contribution in [1.29, 1.82) is 5.41 Å². The van der Waals surface area contributed by atoms with Gasteiger partial charge in [-0.15, -0.1) is 0 Å². The number of pyridine rings is 1. The Bertz CT molecular complexity index is 715. The minimum absolute atomic E-state index is 0.345. The Kier molecular flexibility index (Phi) is 4.99. The van der Waals surface area contributed by atoms with E-state index in [1.807, 2.05) is 6.07 Å². The van der Waals surface area contributed by atoms with Crippen molar-refractivity contribution in [2.75, 3.05) is 36.8 Å². The first kappa shape index (κ1) is 17.4. The van der Waals surface area contributed by atoms with Gasteiger partial charge in [-0.2, -0.15) is 0 Å². The average Bonchev–Trinajstić information content (AvgIpc) is 3.06. The molecule has 2 aliphatic rings. The van der Waals surface area contributed by atoms with Crippen LogP contribution in [0.4, 0.5) is 11.5 Å². The Labute approximate surface area is 149 Å². The quantitative estimate of drug-likeness (QED) is 0.568. The lowest BCUT2D eigenvalue weighted by Crippen LogP contribution is -2.45. The van der Waals surface area contributed by atoms with E-state index in [9.17, 15) is 0 Å². The smallest absolute Gasteiger partial charge is 0.133 e. The molecule has 2 saturated heterocycles. The number of nitrogen functional groups attached to an aromatic ring is 1. The van der Waals surface area contributed by atoms with Gasteiger partial charge in [-0.05, 0) is 44.2 Å². The third-order valence-corrected chi connectivity index (χ3v) is 5.33. The summed E-state index contributed by atoms with van der Waals surface area (Å²) in [4.78, 5) is 10.4. The fraction of sp³-hybridized carbons (Fsp3) is 0.421. The van der Waals surface area contributed by atoms with Gasteiger partial charge < -0.3 is 21.4 Å². The monoisotopic (exact) mass is 338 g/mol. The first-order chi connectivity index (χ1) is 12.1. The first-order valence-electron chi connectivity index (χ1n) is 8.66. The van der Waals surface area contributed by atoms with Crippen LogP contribution < -0.4 is 16.0 Å². The van der Waals surface area contributed by atoms with E-state index >= 15 is 0 Å². The van der Waals surface area contributed by atoms with E-state index in [4.69, 9.17) is 11.1 Å². The molecule has 6 nitrogen and oxygen atoms in total. The maximum absolute atomic E-state index is 7.63. The van der Waals surface area contributed by atoms with Crippen LogP contribution in [0.25, 0.3) is 5.57 Å². The lowest BCUT2D eigenvalue weighted by atomic mass is 9.79. The molecule has 25 heavy (non-hydrogen) atoms. The fourth-order valence-corrected chi connectivity index (χ4v) is 4.04. The zero-order valence-corrected chi connectivity index (χ0v) is 14.6. The predicted octanol–water partition coefficient (Wildman–Crippen LogP) is 2.49. The van der Waals surface area contributed by atoms with Gasteiger partial charge in [-0.3, -0.25) is 4.99 Å². The van der Waals surface area contributed by atoms with Gasteiger partial charge >= 0.3 is 0 Å². The summed E-state index contributed by atoms with van der Waals surface area (Å²) in [6.45, 7) is 11.8. The number of nitrogens with zero attached hydrogens (tertiary/aromatic N) is 3. The molecule has 1 spiro atoms. The Morgan fingerprint density at radius 2 is 2.32 bits per heavy atom. The van der Waals surface area contributed by atoms with E-state index < -0.39 is 0 Å². The molecule has 0 amide bonds. The van der Waals surface area contributed by atoms with Crippen LogP contribution in [-0.2, 0) is 0 Å². The highest BCUT2D eigenvalue weighted by Gasteiger charge is 2.38. The van der Waals surface area contributed by atoms with Crippen LogP contribution >= 0.6 is 0 Å². The zero-order valence-electron chi connectivity index (χ0n) is 14.6. The number of aromatic nitrogens is 1. The molecule has 3 heterocycles. The van der Waals surface area contributed by atoms with E-state index in [0.717, 1.165) is 43.9 Å². The van der Waals surface area contributed by atoms with Crippen molar-refractivity contribution in [2.24, 2.45) is 10.4 Å². The van der Waals surface area contributed by atoms with Crippen molar-refractivity contribution in [3.8, 4) is 0 Å². The van der Waals surface area contributed by atoms with Crippen molar-refractivity contribution in [3.05, 3.63) is 36.2 Å². The lowest BCUT2D eigenvalue weighted by molar-refractivity contribution is 0.261. The molecule has 2 aliphatic heterocycles. The van der Waals surface area contributed by atoms with E-state index in [1.54, 1.807) is 6.20 Å². The number of hydrogen-bond acceptors (Lipinski definition) is 6. The van der Waals surface area contributed by atoms with Gasteiger partial charge in [0.05, 0.1) is 0 Å². The van der Waals surface area contributed by atoms with E-state index in [-0.39, 0.29) is 0 Å². The number of aliphatic imine (C=N–C) groups is 1. The van der Waals surface area contributed by atoms with E-state index in [0.29, 0.717) is 22.4 Å². The molecule has 0 radical (unpaired) electrons. The molecule has 1 aromatic rings. The highest BCUT2D eigenvalue weighted by molar-refractivity contribution is 6.03. The lowest BCUT2D eigenvalue weighted by Gasteiger charge is -2.42. The molecule has 0 bridgehead atoms. The van der Waals surface area contributed by atoms with Crippen LogP contribution in [0.15, 0.2) is 35.6 Å². The largest absolute Gasteiger partial charge is 0.383 e. The van der Waals surface area contributed by atoms with Crippen molar-refractivity contribution in [3.63, 3.8) is 0 Å². The molecule has 2 fully saturated rings. The third-order valence-electron chi connectivity index (χ3n) is 5.33. The number of allylic oxidation sites excluding steroid dienone is 2. The van der Waals surface area contributed by atoms with E-state index in [1.165, 1.54) is 25.3 Å². The number of rotatable bonds is 5. The Balaban J connectivity index is 1.98. The topological polar surface area (TPSA) is 90.4 Å².